The molecular weight excluding hydrogens is 272 g/mol. The van der Waals surface area contributed by atoms with Gasteiger partial charge in [0, 0.05) is 42.3 Å². The van der Waals surface area contributed by atoms with Gasteiger partial charge in [0.15, 0.2) is 0 Å². The largest absolute Gasteiger partial charge is 0.478 e. The highest BCUT2D eigenvalue weighted by molar-refractivity contribution is 5.97. The summed E-state index contributed by atoms with van der Waals surface area (Å²) in [4.78, 5) is 27.0. The van der Waals surface area contributed by atoms with E-state index in [1.54, 1.807) is 25.4 Å². The molecule has 0 unspecified atom stereocenters. The molecule has 0 aliphatic carbocycles. The molecule has 1 heterocycles. The molecule has 1 aromatic carbocycles. The van der Waals surface area contributed by atoms with Gasteiger partial charge < -0.3 is 19.7 Å². The highest BCUT2D eigenvalue weighted by atomic mass is 16.6. The summed E-state index contributed by atoms with van der Waals surface area (Å²) in [5, 5.41) is 9.39. The third-order valence-electron chi connectivity index (χ3n) is 3.09. The fraction of sp³-hybridized carbons (Fsp3) is 0.200. The number of carboxylic acids is 1. The Kier molecular flexibility index (Phi) is 4.27. The van der Waals surface area contributed by atoms with Crippen LogP contribution in [-0.2, 0) is 4.79 Å². The van der Waals surface area contributed by atoms with Gasteiger partial charge in [0.2, 0.25) is 0 Å². The Hall–Kier alpha value is -2.76. The van der Waals surface area contributed by atoms with Crippen LogP contribution in [-0.4, -0.2) is 40.6 Å². The number of nitrogens with one attached hydrogen (secondary N) is 1. The molecule has 2 aromatic rings. The molecule has 2 rings (SSSR count). The van der Waals surface area contributed by atoms with E-state index >= 15 is 0 Å². The minimum atomic E-state index is -1.04. The Morgan fingerprint density at radius 2 is 2.19 bits per heavy atom. The third-order valence-corrected chi connectivity index (χ3v) is 3.09. The molecule has 0 atom stereocenters. The first-order chi connectivity index (χ1) is 10.0. The van der Waals surface area contributed by atoms with E-state index < -0.39 is 12.1 Å². The quantitative estimate of drug-likeness (QED) is 0.847. The van der Waals surface area contributed by atoms with E-state index in [4.69, 9.17) is 9.84 Å². The molecule has 1 amide bonds. The summed E-state index contributed by atoms with van der Waals surface area (Å²) < 4.78 is 5.37. The number of carboxylic acid groups (broad SMARTS) is 1. The van der Waals surface area contributed by atoms with Gasteiger partial charge in [0.1, 0.15) is 5.75 Å². The van der Waals surface area contributed by atoms with Crippen LogP contribution in [0.4, 0.5) is 4.79 Å². The second kappa shape index (κ2) is 6.13. The summed E-state index contributed by atoms with van der Waals surface area (Å²) in [6.45, 7) is 2.38. The van der Waals surface area contributed by atoms with Crippen LogP contribution in [0.2, 0.25) is 0 Å². The van der Waals surface area contributed by atoms with Gasteiger partial charge in [0.25, 0.3) is 0 Å². The first-order valence-corrected chi connectivity index (χ1v) is 6.47. The van der Waals surface area contributed by atoms with E-state index in [0.29, 0.717) is 23.2 Å². The third kappa shape index (κ3) is 3.22. The van der Waals surface area contributed by atoms with Gasteiger partial charge in [-0.3, -0.25) is 0 Å². The average molecular weight is 288 g/mol. The molecule has 21 heavy (non-hydrogen) atoms. The van der Waals surface area contributed by atoms with Crippen molar-refractivity contribution in [1.29, 1.82) is 0 Å². The Morgan fingerprint density at radius 3 is 2.86 bits per heavy atom. The second-order valence-electron chi connectivity index (χ2n) is 4.48. The molecule has 0 saturated heterocycles. The number of ether oxygens (including phenoxy) is 1. The first-order valence-electron chi connectivity index (χ1n) is 6.47. The van der Waals surface area contributed by atoms with Crippen LogP contribution in [0.15, 0.2) is 30.5 Å². The number of aromatic nitrogens is 1. The van der Waals surface area contributed by atoms with Crippen molar-refractivity contribution in [3.8, 4) is 5.75 Å². The number of carbonyl (C=O) groups is 2. The number of benzene rings is 1. The highest BCUT2D eigenvalue weighted by Crippen LogP contribution is 2.30. The molecule has 0 saturated carbocycles. The number of hydrogen-bond acceptors (Lipinski definition) is 3. The van der Waals surface area contributed by atoms with Gasteiger partial charge in [-0.1, -0.05) is 6.07 Å². The van der Waals surface area contributed by atoms with Gasteiger partial charge in [-0.05, 0) is 25.1 Å². The Bertz CT molecular complexity index is 703. The van der Waals surface area contributed by atoms with Crippen LogP contribution in [0.25, 0.3) is 17.0 Å². The summed E-state index contributed by atoms with van der Waals surface area (Å²) in [6.07, 6.45) is 3.71. The van der Waals surface area contributed by atoms with E-state index in [2.05, 4.69) is 4.98 Å². The Labute approximate surface area is 121 Å². The van der Waals surface area contributed by atoms with Crippen LogP contribution in [0, 0.1) is 0 Å². The smallest absolute Gasteiger partial charge is 0.414 e. The van der Waals surface area contributed by atoms with Crippen molar-refractivity contribution in [2.75, 3.05) is 13.6 Å². The van der Waals surface area contributed by atoms with Crippen LogP contribution in [0.5, 0.6) is 5.75 Å². The molecule has 0 spiro atoms. The molecule has 0 aliphatic rings. The van der Waals surface area contributed by atoms with Crippen LogP contribution in [0.3, 0.4) is 0 Å². The fourth-order valence-corrected chi connectivity index (χ4v) is 1.86. The Morgan fingerprint density at radius 1 is 1.43 bits per heavy atom. The monoisotopic (exact) mass is 288 g/mol. The maximum atomic E-state index is 11.9. The average Bonchev–Trinajstić information content (AvgIpc) is 2.88. The lowest BCUT2D eigenvalue weighted by Gasteiger charge is -2.14. The molecule has 0 radical (unpaired) electrons. The number of fused-ring (bicyclic) bond motifs is 1. The molecule has 6 nitrogen and oxygen atoms in total. The number of hydrogen-bond donors (Lipinski definition) is 2. The molecule has 1 aromatic heterocycles. The molecule has 0 fully saturated rings. The summed E-state index contributed by atoms with van der Waals surface area (Å²) in [5.41, 5.74) is 1.42. The molecular formula is C15H16N2O4. The maximum absolute atomic E-state index is 11.9. The number of H-pyrrole nitrogens is 1. The van der Waals surface area contributed by atoms with Gasteiger partial charge in [-0.2, -0.15) is 0 Å². The van der Waals surface area contributed by atoms with Gasteiger partial charge in [0.05, 0.1) is 0 Å². The molecule has 110 valence electrons. The minimum Gasteiger partial charge on any atom is -0.478 e. The molecule has 6 heteroatoms. The zero-order chi connectivity index (χ0) is 15.4. The maximum Gasteiger partial charge on any atom is 0.414 e. The summed E-state index contributed by atoms with van der Waals surface area (Å²) in [7, 11) is 1.64. The number of amides is 1. The van der Waals surface area contributed by atoms with Crippen LogP contribution in [0.1, 0.15) is 12.5 Å². The van der Waals surface area contributed by atoms with E-state index in [0.717, 1.165) is 11.6 Å². The second-order valence-corrected chi connectivity index (χ2v) is 4.48. The van der Waals surface area contributed by atoms with Gasteiger partial charge in [-0.25, -0.2) is 9.59 Å². The Balaban J connectivity index is 2.41. The number of nitrogens with zero attached hydrogens (tertiary/aromatic N) is 1. The van der Waals surface area contributed by atoms with E-state index in [9.17, 15) is 9.59 Å². The lowest BCUT2D eigenvalue weighted by atomic mass is 10.1. The highest BCUT2D eigenvalue weighted by Gasteiger charge is 2.14. The zero-order valence-electron chi connectivity index (χ0n) is 11.8. The van der Waals surface area contributed by atoms with Gasteiger partial charge >= 0.3 is 12.1 Å². The molecule has 0 bridgehead atoms. The topological polar surface area (TPSA) is 82.6 Å². The van der Waals surface area contributed by atoms with Crippen molar-refractivity contribution < 1.29 is 19.4 Å². The summed E-state index contributed by atoms with van der Waals surface area (Å²) in [6, 6.07) is 5.27. The van der Waals surface area contributed by atoms with Crippen LogP contribution >= 0.6 is 0 Å². The van der Waals surface area contributed by atoms with Crippen molar-refractivity contribution in [1.82, 2.24) is 9.88 Å². The van der Waals surface area contributed by atoms with Crippen molar-refractivity contribution in [2.45, 2.75) is 6.92 Å². The number of aromatic amines is 1. The zero-order valence-corrected chi connectivity index (χ0v) is 11.8. The lowest BCUT2D eigenvalue weighted by Crippen LogP contribution is -2.29. The minimum absolute atomic E-state index is 0.393. The first kappa shape index (κ1) is 14.6. The van der Waals surface area contributed by atoms with E-state index in [1.807, 2.05) is 13.0 Å². The van der Waals surface area contributed by atoms with Crippen LogP contribution < -0.4 is 4.74 Å². The predicted molar refractivity (Wildman–Crippen MR) is 79.3 cm³/mol. The van der Waals surface area contributed by atoms with Crippen molar-refractivity contribution >= 4 is 29.0 Å². The summed E-state index contributed by atoms with van der Waals surface area (Å²) in [5.74, 6) is -0.645. The number of rotatable bonds is 4. The van der Waals surface area contributed by atoms with Crippen molar-refractivity contribution in [3.63, 3.8) is 0 Å². The number of aliphatic carboxylic acids is 1. The van der Waals surface area contributed by atoms with Crippen molar-refractivity contribution in [2.24, 2.45) is 0 Å². The summed E-state index contributed by atoms with van der Waals surface area (Å²) >= 11 is 0. The molecule has 2 N–H and O–H groups in total. The molecule has 0 aliphatic heterocycles. The normalized spacial score (nSPS) is 11.0. The van der Waals surface area contributed by atoms with Gasteiger partial charge in [-0.15, -0.1) is 0 Å². The fourth-order valence-electron chi connectivity index (χ4n) is 1.86. The standard InChI is InChI=1S/C15H16N2O4/c1-3-17(2)15(20)21-12-6-4-5-11-14(12)10(9-16-11)7-8-13(18)19/h4-9,16H,3H2,1-2H3,(H,18,19). The number of carbonyl (C=O) groups excluding carboxylic acids is 1. The van der Waals surface area contributed by atoms with Crippen molar-refractivity contribution in [3.05, 3.63) is 36.0 Å². The van der Waals surface area contributed by atoms with E-state index in [-0.39, 0.29) is 0 Å². The SMILES string of the molecule is CCN(C)C(=O)Oc1cccc2[nH]cc(C=CC(=O)O)c12. The van der Waals surface area contributed by atoms with E-state index in [1.165, 1.54) is 11.0 Å². The lowest BCUT2D eigenvalue weighted by molar-refractivity contribution is -0.131. The predicted octanol–water partition coefficient (Wildman–Crippen LogP) is 2.72.